The zero-order valence-electron chi connectivity index (χ0n) is 11.1. The highest BCUT2D eigenvalue weighted by molar-refractivity contribution is 5.19. The number of ether oxygens (including phenoxy) is 2. The second-order valence-electron chi connectivity index (χ2n) is 5.65. The van der Waals surface area contributed by atoms with E-state index in [0.717, 1.165) is 6.61 Å². The van der Waals surface area contributed by atoms with Crippen LogP contribution in [0.25, 0.3) is 0 Å². The molecule has 1 heterocycles. The van der Waals surface area contributed by atoms with Gasteiger partial charge in [0, 0.05) is 11.3 Å². The zero-order valence-corrected chi connectivity index (χ0v) is 11.1. The third-order valence-electron chi connectivity index (χ3n) is 3.79. The first-order chi connectivity index (χ1) is 8.00. The Bertz CT molecular complexity index is 358. The molecular weight excluding hydrogens is 212 g/mol. The molecule has 1 fully saturated rings. The monoisotopic (exact) mass is 234 g/mol. The molecule has 1 saturated heterocycles. The molecule has 0 bridgehead atoms. The van der Waals surface area contributed by atoms with Crippen molar-refractivity contribution in [3.63, 3.8) is 0 Å². The number of benzene rings is 1. The minimum atomic E-state index is -0.125. The first kappa shape index (κ1) is 12.6. The highest BCUT2D eigenvalue weighted by Gasteiger charge is 2.37. The first-order valence-corrected chi connectivity index (χ1v) is 6.33. The van der Waals surface area contributed by atoms with Crippen LogP contribution in [-0.4, -0.2) is 19.0 Å². The molecule has 1 aromatic rings. The van der Waals surface area contributed by atoms with Crippen LogP contribution in [0.1, 0.15) is 39.2 Å². The number of hydrogen-bond acceptors (Lipinski definition) is 2. The lowest BCUT2D eigenvalue weighted by molar-refractivity contribution is -0.261. The van der Waals surface area contributed by atoms with Gasteiger partial charge in [-0.05, 0) is 12.5 Å². The summed E-state index contributed by atoms with van der Waals surface area (Å²) in [5.74, 6) is 0.273. The van der Waals surface area contributed by atoms with Crippen molar-refractivity contribution in [2.45, 2.75) is 46.0 Å². The van der Waals surface area contributed by atoms with Gasteiger partial charge in [0.1, 0.15) is 0 Å². The molecule has 1 aliphatic rings. The molecule has 2 heteroatoms. The predicted molar refractivity (Wildman–Crippen MR) is 68.9 cm³/mol. The van der Waals surface area contributed by atoms with Gasteiger partial charge < -0.3 is 9.47 Å². The molecule has 0 N–H and O–H groups in total. The maximum absolute atomic E-state index is 6.00. The molecule has 1 aromatic carbocycles. The van der Waals surface area contributed by atoms with Crippen LogP contribution in [0.4, 0.5) is 0 Å². The van der Waals surface area contributed by atoms with Gasteiger partial charge in [-0.1, -0.05) is 51.1 Å². The van der Waals surface area contributed by atoms with Gasteiger partial charge in [0.05, 0.1) is 12.7 Å². The Morgan fingerprint density at radius 3 is 2.47 bits per heavy atom. The summed E-state index contributed by atoms with van der Waals surface area (Å²) < 4.78 is 11.9. The smallest absolute Gasteiger partial charge is 0.164 e. The van der Waals surface area contributed by atoms with Gasteiger partial charge >= 0.3 is 0 Å². The lowest BCUT2D eigenvalue weighted by Crippen LogP contribution is -2.45. The van der Waals surface area contributed by atoms with Crippen molar-refractivity contribution in [2.24, 2.45) is 5.41 Å². The molecule has 0 radical (unpaired) electrons. The predicted octanol–water partition coefficient (Wildman–Crippen LogP) is 3.58. The van der Waals surface area contributed by atoms with E-state index in [1.165, 1.54) is 5.56 Å². The van der Waals surface area contributed by atoms with Gasteiger partial charge in [-0.25, -0.2) is 0 Å². The van der Waals surface area contributed by atoms with Crippen molar-refractivity contribution in [2.75, 3.05) is 6.61 Å². The summed E-state index contributed by atoms with van der Waals surface area (Å²) in [6, 6.07) is 10.4. The van der Waals surface area contributed by atoms with Gasteiger partial charge in [0.15, 0.2) is 6.29 Å². The van der Waals surface area contributed by atoms with Crippen molar-refractivity contribution in [3.8, 4) is 0 Å². The minimum Gasteiger partial charge on any atom is -0.351 e. The average Bonchev–Trinajstić information content (AvgIpc) is 2.33. The van der Waals surface area contributed by atoms with Crippen LogP contribution < -0.4 is 0 Å². The molecule has 2 nitrogen and oxygen atoms in total. The molecule has 1 aliphatic heterocycles. The van der Waals surface area contributed by atoms with Crippen LogP contribution in [0.15, 0.2) is 30.3 Å². The highest BCUT2D eigenvalue weighted by Crippen LogP contribution is 2.34. The summed E-state index contributed by atoms with van der Waals surface area (Å²) in [7, 11) is 0. The van der Waals surface area contributed by atoms with E-state index in [9.17, 15) is 0 Å². The first-order valence-electron chi connectivity index (χ1n) is 6.33. The van der Waals surface area contributed by atoms with Gasteiger partial charge in [-0.15, -0.1) is 0 Å². The summed E-state index contributed by atoms with van der Waals surface area (Å²) in [6.07, 6.45) is 0.104. The summed E-state index contributed by atoms with van der Waals surface area (Å²) in [5, 5.41) is 0. The Balaban J connectivity index is 2.05. The molecule has 0 amide bonds. The average molecular weight is 234 g/mol. The molecule has 2 rings (SSSR count). The van der Waals surface area contributed by atoms with Crippen molar-refractivity contribution in [1.29, 1.82) is 0 Å². The van der Waals surface area contributed by atoms with E-state index in [2.05, 4.69) is 52.0 Å². The standard InChI is InChI=1S/C15H22O2/c1-11(13-8-6-5-7-9-13)14-16-10-15(3,4)12(2)17-14/h5-9,11-12,14H,10H2,1-4H3/t11-,12+,14-/m0/s1. The van der Waals surface area contributed by atoms with Crippen LogP contribution in [0.2, 0.25) is 0 Å². The van der Waals surface area contributed by atoms with Gasteiger partial charge in [-0.3, -0.25) is 0 Å². The van der Waals surface area contributed by atoms with Gasteiger partial charge in [0.2, 0.25) is 0 Å². The lowest BCUT2D eigenvalue weighted by atomic mass is 9.87. The Labute approximate surface area is 104 Å². The van der Waals surface area contributed by atoms with E-state index in [1.807, 2.05) is 6.07 Å². The summed E-state index contributed by atoms with van der Waals surface area (Å²) in [5.41, 5.74) is 1.37. The molecule has 3 atom stereocenters. The lowest BCUT2D eigenvalue weighted by Gasteiger charge is -2.42. The molecule has 0 unspecified atom stereocenters. The fraction of sp³-hybridized carbons (Fsp3) is 0.600. The largest absolute Gasteiger partial charge is 0.351 e. The number of rotatable bonds is 2. The van der Waals surface area contributed by atoms with Crippen molar-refractivity contribution >= 4 is 0 Å². The maximum atomic E-state index is 6.00. The third kappa shape index (κ3) is 2.70. The van der Waals surface area contributed by atoms with E-state index in [4.69, 9.17) is 9.47 Å². The van der Waals surface area contributed by atoms with Crippen LogP contribution >= 0.6 is 0 Å². The second kappa shape index (κ2) is 4.79. The van der Waals surface area contributed by atoms with E-state index in [1.54, 1.807) is 0 Å². The Hall–Kier alpha value is -0.860. The van der Waals surface area contributed by atoms with Crippen molar-refractivity contribution in [1.82, 2.24) is 0 Å². The number of hydrogen-bond donors (Lipinski definition) is 0. The van der Waals surface area contributed by atoms with Crippen molar-refractivity contribution < 1.29 is 9.47 Å². The topological polar surface area (TPSA) is 18.5 Å². The Morgan fingerprint density at radius 1 is 1.24 bits per heavy atom. The van der Waals surface area contributed by atoms with Crippen LogP contribution in [0.3, 0.4) is 0 Å². The van der Waals surface area contributed by atoms with Crippen LogP contribution in [-0.2, 0) is 9.47 Å². The molecular formula is C15H22O2. The molecule has 0 aliphatic carbocycles. The molecule has 0 spiro atoms. The normalized spacial score (nSPS) is 29.9. The van der Waals surface area contributed by atoms with Gasteiger partial charge in [0.25, 0.3) is 0 Å². The molecule has 94 valence electrons. The van der Waals surface area contributed by atoms with E-state index in [0.29, 0.717) is 0 Å². The third-order valence-corrected chi connectivity index (χ3v) is 3.79. The zero-order chi connectivity index (χ0) is 12.5. The quantitative estimate of drug-likeness (QED) is 0.778. The highest BCUT2D eigenvalue weighted by atomic mass is 16.7. The molecule has 0 saturated carbocycles. The summed E-state index contributed by atoms with van der Waals surface area (Å²) in [6.45, 7) is 9.41. The second-order valence-corrected chi connectivity index (χ2v) is 5.65. The van der Waals surface area contributed by atoms with E-state index in [-0.39, 0.29) is 23.7 Å². The minimum absolute atomic E-state index is 0.104. The summed E-state index contributed by atoms with van der Waals surface area (Å²) in [4.78, 5) is 0. The fourth-order valence-electron chi connectivity index (χ4n) is 2.01. The Kier molecular flexibility index (Phi) is 3.55. The maximum Gasteiger partial charge on any atom is 0.164 e. The van der Waals surface area contributed by atoms with Gasteiger partial charge in [-0.2, -0.15) is 0 Å². The van der Waals surface area contributed by atoms with Crippen LogP contribution in [0, 0.1) is 5.41 Å². The molecule has 0 aromatic heterocycles. The fourth-order valence-corrected chi connectivity index (χ4v) is 2.01. The van der Waals surface area contributed by atoms with E-state index >= 15 is 0 Å². The van der Waals surface area contributed by atoms with E-state index < -0.39 is 0 Å². The Morgan fingerprint density at radius 2 is 1.88 bits per heavy atom. The summed E-state index contributed by atoms with van der Waals surface area (Å²) >= 11 is 0. The van der Waals surface area contributed by atoms with Crippen LogP contribution in [0.5, 0.6) is 0 Å². The SMILES string of the molecule is C[C@@H](c1ccccc1)[C@H]1OCC(C)(C)[C@@H](C)O1. The van der Waals surface area contributed by atoms with Crippen molar-refractivity contribution in [3.05, 3.63) is 35.9 Å². The molecule has 17 heavy (non-hydrogen) atoms.